The lowest BCUT2D eigenvalue weighted by Gasteiger charge is -2.61. The fraction of sp³-hybridized carbons (Fsp3) is 0.800. The smallest absolute Gasteiger partial charge is 0.334 e. The van der Waals surface area contributed by atoms with Gasteiger partial charge in [-0.05, 0) is 67.6 Å². The number of esters is 2. The Morgan fingerprint density at radius 1 is 1.07 bits per heavy atom. The Balaban J connectivity index is 1.44. The van der Waals surface area contributed by atoms with Crippen LogP contribution >= 0.6 is 0 Å². The lowest BCUT2D eigenvalue weighted by atomic mass is 9.43. The molecule has 1 heterocycles. The lowest BCUT2D eigenvalue weighted by Crippen LogP contribution is -2.59. The summed E-state index contributed by atoms with van der Waals surface area (Å²) in [4.78, 5) is 36.9. The van der Waals surface area contributed by atoms with Gasteiger partial charge in [0.05, 0.1) is 0 Å². The normalized spacial score (nSPS) is 50.0. The molecule has 5 aliphatic rings. The van der Waals surface area contributed by atoms with E-state index in [1.54, 1.807) is 0 Å². The van der Waals surface area contributed by atoms with Gasteiger partial charge in [-0.2, -0.15) is 0 Å². The first-order chi connectivity index (χ1) is 14.1. The largest absolute Gasteiger partial charge is 0.462 e. The van der Waals surface area contributed by atoms with E-state index < -0.39 is 11.6 Å². The third kappa shape index (κ3) is 2.62. The molecule has 8 atom stereocenters. The average Bonchev–Trinajstić information content (AvgIpc) is 3.13. The second-order valence-electron chi connectivity index (χ2n) is 11.3. The maximum absolute atomic E-state index is 13.1. The maximum Gasteiger partial charge on any atom is 0.334 e. The summed E-state index contributed by atoms with van der Waals surface area (Å²) in [5.74, 6) is 1.60. The van der Waals surface area contributed by atoms with Crippen molar-refractivity contribution >= 4 is 17.7 Å². The summed E-state index contributed by atoms with van der Waals surface area (Å²) in [6, 6.07) is 0. The molecular formula is C25H34O5. The van der Waals surface area contributed by atoms with E-state index in [-0.39, 0.29) is 28.7 Å². The van der Waals surface area contributed by atoms with Gasteiger partial charge in [0.1, 0.15) is 6.10 Å². The molecule has 164 valence electrons. The molecule has 0 unspecified atom stereocenters. The monoisotopic (exact) mass is 414 g/mol. The number of hydrogen-bond acceptors (Lipinski definition) is 5. The predicted molar refractivity (Wildman–Crippen MR) is 110 cm³/mol. The maximum atomic E-state index is 13.1. The van der Waals surface area contributed by atoms with Crippen LogP contribution in [-0.2, 0) is 23.9 Å². The van der Waals surface area contributed by atoms with Crippen LogP contribution in [0.5, 0.6) is 0 Å². The summed E-state index contributed by atoms with van der Waals surface area (Å²) >= 11 is 0. The number of carbonyl (C=O) groups excluding carboxylic acids is 3. The molecule has 0 N–H and O–H groups in total. The van der Waals surface area contributed by atoms with Crippen molar-refractivity contribution in [3.63, 3.8) is 0 Å². The number of ether oxygens (including phenoxy) is 2. The highest BCUT2D eigenvalue weighted by atomic mass is 16.6. The summed E-state index contributed by atoms with van der Waals surface area (Å²) in [6.07, 6.45) is 8.03. The molecule has 1 saturated heterocycles. The lowest BCUT2D eigenvalue weighted by molar-refractivity contribution is -0.185. The summed E-state index contributed by atoms with van der Waals surface area (Å²) < 4.78 is 11.5. The van der Waals surface area contributed by atoms with Crippen LogP contribution in [0.25, 0.3) is 0 Å². The zero-order chi connectivity index (χ0) is 21.5. The zero-order valence-corrected chi connectivity index (χ0v) is 18.5. The summed E-state index contributed by atoms with van der Waals surface area (Å²) in [6.45, 7) is 10.1. The van der Waals surface area contributed by atoms with Crippen molar-refractivity contribution in [1.82, 2.24) is 0 Å². The van der Waals surface area contributed by atoms with Crippen molar-refractivity contribution in [2.24, 2.45) is 34.5 Å². The van der Waals surface area contributed by atoms with Gasteiger partial charge >= 0.3 is 11.9 Å². The number of ketones is 1. The highest BCUT2D eigenvalue weighted by molar-refractivity contribution is 5.99. The van der Waals surface area contributed by atoms with E-state index in [0.717, 1.165) is 38.5 Å². The van der Waals surface area contributed by atoms with Crippen LogP contribution in [0.2, 0.25) is 0 Å². The van der Waals surface area contributed by atoms with Gasteiger partial charge in [0.15, 0.2) is 11.4 Å². The van der Waals surface area contributed by atoms with Gasteiger partial charge in [0.25, 0.3) is 0 Å². The number of fused-ring (bicyclic) bond motifs is 5. The number of rotatable bonds is 1. The van der Waals surface area contributed by atoms with Crippen molar-refractivity contribution in [2.45, 2.75) is 90.3 Å². The minimum atomic E-state index is -0.974. The Morgan fingerprint density at radius 2 is 1.80 bits per heavy atom. The van der Waals surface area contributed by atoms with E-state index in [4.69, 9.17) is 9.47 Å². The van der Waals surface area contributed by atoms with Crippen LogP contribution in [-0.4, -0.2) is 29.4 Å². The Kier molecular flexibility index (Phi) is 4.34. The molecule has 4 aliphatic carbocycles. The van der Waals surface area contributed by atoms with Crippen LogP contribution in [0.3, 0.4) is 0 Å². The predicted octanol–water partition coefficient (Wildman–Crippen LogP) is 4.38. The molecule has 0 aromatic heterocycles. The van der Waals surface area contributed by atoms with Gasteiger partial charge in [-0.15, -0.1) is 0 Å². The van der Waals surface area contributed by atoms with E-state index in [9.17, 15) is 14.4 Å². The number of hydrogen-bond donors (Lipinski definition) is 0. The molecule has 5 nitrogen and oxygen atoms in total. The second-order valence-corrected chi connectivity index (χ2v) is 11.3. The van der Waals surface area contributed by atoms with Crippen LogP contribution in [0.4, 0.5) is 0 Å². The highest BCUT2D eigenvalue weighted by Crippen LogP contribution is 2.67. The van der Waals surface area contributed by atoms with E-state index in [2.05, 4.69) is 20.4 Å². The molecule has 0 bridgehead atoms. The zero-order valence-electron chi connectivity index (χ0n) is 18.5. The van der Waals surface area contributed by atoms with Gasteiger partial charge in [0.2, 0.25) is 0 Å². The average molecular weight is 415 g/mol. The van der Waals surface area contributed by atoms with E-state index in [1.165, 1.54) is 6.92 Å². The quantitative estimate of drug-likeness (QED) is 0.470. The number of Topliss-reactive ketones (excluding diaryl/α,β-unsaturated/α-hetero) is 1. The van der Waals surface area contributed by atoms with E-state index >= 15 is 0 Å². The Labute approximate surface area is 178 Å². The van der Waals surface area contributed by atoms with Crippen molar-refractivity contribution in [2.75, 3.05) is 0 Å². The highest BCUT2D eigenvalue weighted by Gasteiger charge is 2.65. The molecule has 0 radical (unpaired) electrons. The molecule has 0 aromatic carbocycles. The molecule has 5 fully saturated rings. The summed E-state index contributed by atoms with van der Waals surface area (Å²) in [5.41, 5.74) is -0.471. The van der Waals surface area contributed by atoms with Crippen LogP contribution in [0, 0.1) is 34.5 Å². The first-order valence-corrected chi connectivity index (χ1v) is 11.7. The van der Waals surface area contributed by atoms with Gasteiger partial charge in [-0.25, -0.2) is 4.79 Å². The molecule has 30 heavy (non-hydrogen) atoms. The third-order valence-electron chi connectivity index (χ3n) is 9.97. The number of carbonyl (C=O) groups is 3. The van der Waals surface area contributed by atoms with Crippen molar-refractivity contribution in [1.29, 1.82) is 0 Å². The summed E-state index contributed by atoms with van der Waals surface area (Å²) in [5, 5.41) is 0. The van der Waals surface area contributed by atoms with Crippen LogP contribution in [0.1, 0.15) is 78.6 Å². The van der Waals surface area contributed by atoms with E-state index in [0.29, 0.717) is 48.5 Å². The molecule has 0 amide bonds. The fourth-order valence-corrected chi connectivity index (χ4v) is 8.57. The molecular weight excluding hydrogens is 380 g/mol. The molecule has 1 aliphatic heterocycles. The Hall–Kier alpha value is -1.65. The van der Waals surface area contributed by atoms with Gasteiger partial charge < -0.3 is 9.47 Å². The molecule has 1 spiro atoms. The molecule has 0 aromatic rings. The molecule has 5 rings (SSSR count). The van der Waals surface area contributed by atoms with Gasteiger partial charge in [-0.3, -0.25) is 9.59 Å². The minimum Gasteiger partial charge on any atom is -0.462 e. The van der Waals surface area contributed by atoms with Crippen LogP contribution < -0.4 is 0 Å². The second kappa shape index (κ2) is 6.43. The first-order valence-electron chi connectivity index (χ1n) is 11.7. The minimum absolute atomic E-state index is 0.00256. The van der Waals surface area contributed by atoms with Crippen molar-refractivity contribution in [3.8, 4) is 0 Å². The Bertz CT molecular complexity index is 813. The van der Waals surface area contributed by atoms with Crippen LogP contribution in [0.15, 0.2) is 12.2 Å². The summed E-state index contributed by atoms with van der Waals surface area (Å²) in [7, 11) is 0. The Morgan fingerprint density at radius 3 is 2.47 bits per heavy atom. The topological polar surface area (TPSA) is 69.7 Å². The van der Waals surface area contributed by atoms with Gasteiger partial charge in [0, 0.05) is 37.2 Å². The van der Waals surface area contributed by atoms with Crippen molar-refractivity contribution < 1.29 is 23.9 Å². The van der Waals surface area contributed by atoms with Crippen molar-refractivity contribution in [3.05, 3.63) is 12.2 Å². The standard InChI is InChI=1S/C25H34O5/c1-14-12-25(30-22(14)28)13-24(4)16(11-20(25)27)5-6-17-18-7-8-21(29-15(2)26)23(18,3)10-9-19(17)24/h16-19,21H,1,5-13H2,2-4H3/t16-,17-,18-,19-,21-,23-,24-,25+/m0/s1. The third-order valence-corrected chi connectivity index (χ3v) is 9.97. The fourth-order valence-electron chi connectivity index (χ4n) is 8.57. The van der Waals surface area contributed by atoms with E-state index in [1.807, 2.05) is 0 Å². The van der Waals surface area contributed by atoms with Gasteiger partial charge in [-0.1, -0.05) is 20.4 Å². The first kappa shape index (κ1) is 20.3. The SMILES string of the molecule is C=C1C[C@]2(C[C@@]3(C)[C@@H](CC[C@@H]4[C@@H]3CC[C@]3(C)[C@@H](OC(C)=O)CC[C@@H]43)CC2=O)OC1=O. The molecule has 5 heteroatoms. The molecule has 4 saturated carbocycles.